The van der Waals surface area contributed by atoms with Crippen LogP contribution in [0.15, 0.2) is 22.8 Å². The van der Waals surface area contributed by atoms with Crippen LogP contribution in [0, 0.1) is 39.4 Å². The minimum Gasteiger partial charge on any atom is -0.478 e. The van der Waals surface area contributed by atoms with Crippen molar-refractivity contribution in [3.05, 3.63) is 22.8 Å². The molecule has 0 aromatic rings. The van der Waals surface area contributed by atoms with E-state index in [1.165, 1.54) is 13.0 Å². The van der Waals surface area contributed by atoms with Gasteiger partial charge in [0.15, 0.2) is 5.78 Å². The maximum absolute atomic E-state index is 14.0. The zero-order valence-electron chi connectivity index (χ0n) is 23.2. The fourth-order valence-electron chi connectivity index (χ4n) is 8.89. The lowest BCUT2D eigenvalue weighted by Gasteiger charge is -2.60. The first-order valence-electron chi connectivity index (χ1n) is 13.6. The van der Waals surface area contributed by atoms with Gasteiger partial charge in [-0.15, -0.1) is 0 Å². The van der Waals surface area contributed by atoms with Crippen LogP contribution in [0.5, 0.6) is 0 Å². The third kappa shape index (κ3) is 3.75. The summed E-state index contributed by atoms with van der Waals surface area (Å²) < 4.78 is 0. The first kappa shape index (κ1) is 27.9. The minimum absolute atomic E-state index is 0.00541. The highest BCUT2D eigenvalue weighted by atomic mass is 16.4. The second-order valence-corrected chi connectivity index (χ2v) is 13.5. The smallest absolute Gasteiger partial charge is 0.331 e. The van der Waals surface area contributed by atoms with E-state index >= 15 is 0 Å². The molecule has 0 radical (unpaired) electrons. The van der Waals surface area contributed by atoms with E-state index in [4.69, 9.17) is 5.11 Å². The Morgan fingerprint density at radius 1 is 1.11 bits per heavy atom. The van der Waals surface area contributed by atoms with Gasteiger partial charge >= 0.3 is 5.97 Å². The molecule has 204 valence electrons. The number of carboxylic acid groups (broad SMARTS) is 1. The predicted molar refractivity (Wildman–Crippen MR) is 137 cm³/mol. The monoisotopic (exact) mass is 514 g/mol. The van der Waals surface area contributed by atoms with Crippen molar-refractivity contribution in [2.24, 2.45) is 39.4 Å². The third-order valence-corrected chi connectivity index (χ3v) is 11.2. The Hall–Kier alpha value is -2.12. The van der Waals surface area contributed by atoms with Crippen LogP contribution in [0.1, 0.15) is 87.0 Å². The molecule has 4 aliphatic rings. The molecule has 3 N–H and O–H groups in total. The molecule has 0 saturated heterocycles. The third-order valence-electron chi connectivity index (χ3n) is 11.2. The van der Waals surface area contributed by atoms with Crippen LogP contribution in [-0.2, 0) is 19.2 Å². The fraction of sp³-hybridized carbons (Fsp3) is 0.733. The fourth-order valence-corrected chi connectivity index (χ4v) is 8.89. The van der Waals surface area contributed by atoms with Crippen LogP contribution in [0.2, 0.25) is 0 Å². The topological polar surface area (TPSA) is 129 Å². The van der Waals surface area contributed by atoms with Crippen molar-refractivity contribution >= 4 is 23.3 Å². The largest absolute Gasteiger partial charge is 0.478 e. The zero-order valence-corrected chi connectivity index (χ0v) is 23.2. The van der Waals surface area contributed by atoms with Gasteiger partial charge in [-0.2, -0.15) is 0 Å². The molecule has 0 bridgehead atoms. The number of aliphatic carboxylic acids is 1. The van der Waals surface area contributed by atoms with E-state index in [0.717, 1.165) is 0 Å². The van der Waals surface area contributed by atoms with Gasteiger partial charge in [0, 0.05) is 41.2 Å². The molecule has 0 aromatic heterocycles. The number of carbonyl (C=O) groups excluding carboxylic acids is 3. The summed E-state index contributed by atoms with van der Waals surface area (Å²) in [5, 5.41) is 31.3. The molecule has 2 saturated carbocycles. The van der Waals surface area contributed by atoms with Crippen molar-refractivity contribution in [3.8, 4) is 0 Å². The quantitative estimate of drug-likeness (QED) is 0.472. The molecule has 7 heteroatoms. The number of aliphatic hydroxyl groups is 2. The van der Waals surface area contributed by atoms with Crippen LogP contribution < -0.4 is 0 Å². The van der Waals surface area contributed by atoms with Crippen molar-refractivity contribution in [3.63, 3.8) is 0 Å². The highest BCUT2D eigenvalue weighted by Gasteiger charge is 2.70. The van der Waals surface area contributed by atoms with E-state index < -0.39 is 39.8 Å². The molecule has 0 spiro atoms. The van der Waals surface area contributed by atoms with Crippen molar-refractivity contribution < 1.29 is 34.5 Å². The Labute approximate surface area is 219 Å². The number of aliphatic hydroxyl groups excluding tert-OH is 2. The number of rotatable bonds is 5. The molecule has 2 fully saturated rings. The Balaban J connectivity index is 1.77. The van der Waals surface area contributed by atoms with E-state index in [1.54, 1.807) is 0 Å². The molecular formula is C30H42O7. The van der Waals surface area contributed by atoms with Gasteiger partial charge in [0.05, 0.1) is 17.6 Å². The standard InChI is InChI=1S/C30H42O7/c1-15(10-17(31)11-16(2)26(36)37)18-12-23(35)30(7)25-19(32)13-21-27(3,4)22(34)8-9-28(21,5)24(25)20(33)14-29(18,30)6/h11,15,17-19,21,31-32H,8-10,12-14H2,1-7H3,(H,36,37)/b16-11+/t15-,17+,18-,19+,21?,28+,29-,30+/m0/s1. The van der Waals surface area contributed by atoms with Crippen LogP contribution in [0.4, 0.5) is 0 Å². The van der Waals surface area contributed by atoms with Gasteiger partial charge in [-0.3, -0.25) is 14.4 Å². The number of hydrogen-bond donors (Lipinski definition) is 3. The van der Waals surface area contributed by atoms with Gasteiger partial charge in [0.25, 0.3) is 0 Å². The number of ketones is 3. The number of carboxylic acids is 1. The molecule has 7 nitrogen and oxygen atoms in total. The molecule has 37 heavy (non-hydrogen) atoms. The summed E-state index contributed by atoms with van der Waals surface area (Å²) in [6, 6.07) is 0. The molecular weight excluding hydrogens is 472 g/mol. The second-order valence-electron chi connectivity index (χ2n) is 13.5. The Bertz CT molecular complexity index is 1130. The van der Waals surface area contributed by atoms with Crippen molar-refractivity contribution in [2.75, 3.05) is 0 Å². The lowest BCUT2D eigenvalue weighted by atomic mass is 9.42. The molecule has 4 aliphatic carbocycles. The molecule has 0 heterocycles. The van der Waals surface area contributed by atoms with Crippen molar-refractivity contribution in [1.29, 1.82) is 0 Å². The van der Waals surface area contributed by atoms with Crippen molar-refractivity contribution in [1.82, 2.24) is 0 Å². The first-order valence-corrected chi connectivity index (χ1v) is 13.6. The summed E-state index contributed by atoms with van der Waals surface area (Å²) >= 11 is 0. The number of carbonyl (C=O) groups is 4. The highest BCUT2D eigenvalue weighted by Crippen LogP contribution is 2.70. The lowest BCUT2D eigenvalue weighted by molar-refractivity contribution is -0.146. The molecule has 4 rings (SSSR count). The van der Waals surface area contributed by atoms with Gasteiger partial charge in [0.2, 0.25) is 0 Å². The number of Topliss-reactive ketones (excluding diaryl/α,β-unsaturated/α-hetero) is 3. The van der Waals surface area contributed by atoms with Gasteiger partial charge in [-0.1, -0.05) is 34.6 Å². The average Bonchev–Trinajstić information content (AvgIpc) is 2.99. The Morgan fingerprint density at radius 2 is 1.73 bits per heavy atom. The summed E-state index contributed by atoms with van der Waals surface area (Å²) in [7, 11) is 0. The number of hydrogen-bond acceptors (Lipinski definition) is 6. The molecule has 0 aromatic carbocycles. The Kier molecular flexibility index (Phi) is 6.56. The summed E-state index contributed by atoms with van der Waals surface area (Å²) in [6.45, 7) is 13.1. The zero-order chi connectivity index (χ0) is 27.9. The highest BCUT2D eigenvalue weighted by molar-refractivity contribution is 6.05. The van der Waals surface area contributed by atoms with E-state index in [0.29, 0.717) is 30.4 Å². The van der Waals surface area contributed by atoms with Gasteiger partial charge in [-0.25, -0.2) is 4.79 Å². The van der Waals surface area contributed by atoms with E-state index in [9.17, 15) is 29.4 Å². The molecule has 8 atom stereocenters. The summed E-state index contributed by atoms with van der Waals surface area (Å²) in [5.41, 5.74) is -1.80. The SMILES string of the molecule is C/C(=C\[C@H](O)C[C@H](C)[C@@H]1CC(=O)[C@]2(C)C3=C(C(=O)C[C@@]12C)[C@]1(C)CCC(=O)C(C)(C)C1C[C@H]3O)C(=O)O. The number of fused-ring (bicyclic) bond motifs is 4. The summed E-state index contributed by atoms with van der Waals surface area (Å²) in [6.07, 6.45) is 1.32. The number of allylic oxidation sites excluding steroid dienone is 1. The Morgan fingerprint density at radius 3 is 2.32 bits per heavy atom. The van der Waals surface area contributed by atoms with Crippen LogP contribution >= 0.6 is 0 Å². The molecule has 0 amide bonds. The van der Waals surface area contributed by atoms with Gasteiger partial charge in [-0.05, 0) is 67.9 Å². The normalized spacial score (nSPS) is 41.2. The summed E-state index contributed by atoms with van der Waals surface area (Å²) in [5.74, 6) is -1.52. The van der Waals surface area contributed by atoms with Gasteiger partial charge in [0.1, 0.15) is 11.6 Å². The second kappa shape index (κ2) is 8.70. The summed E-state index contributed by atoms with van der Waals surface area (Å²) in [4.78, 5) is 51.9. The first-order chi connectivity index (χ1) is 16.9. The van der Waals surface area contributed by atoms with E-state index in [-0.39, 0.29) is 59.9 Å². The maximum Gasteiger partial charge on any atom is 0.331 e. The molecule has 1 unspecified atom stereocenters. The predicted octanol–water partition coefficient (Wildman–Crippen LogP) is 4.05. The van der Waals surface area contributed by atoms with Gasteiger partial charge < -0.3 is 15.3 Å². The molecule has 0 aliphatic heterocycles. The van der Waals surface area contributed by atoms with Crippen LogP contribution in [0.3, 0.4) is 0 Å². The van der Waals surface area contributed by atoms with Crippen LogP contribution in [0.25, 0.3) is 0 Å². The minimum atomic E-state index is -1.09. The van der Waals surface area contributed by atoms with E-state index in [2.05, 4.69) is 0 Å². The van der Waals surface area contributed by atoms with Crippen LogP contribution in [-0.4, -0.2) is 50.8 Å². The lowest BCUT2D eigenvalue weighted by Crippen LogP contribution is -2.60. The van der Waals surface area contributed by atoms with Crippen molar-refractivity contribution in [2.45, 2.75) is 99.2 Å². The average molecular weight is 515 g/mol. The maximum atomic E-state index is 14.0. The van der Waals surface area contributed by atoms with E-state index in [1.807, 2.05) is 41.5 Å².